The fourth-order valence-electron chi connectivity index (χ4n) is 3.62. The van der Waals surface area contributed by atoms with Crippen LogP contribution in [0.25, 0.3) is 10.9 Å². The van der Waals surface area contributed by atoms with E-state index in [0.29, 0.717) is 30.5 Å². The van der Waals surface area contributed by atoms with Crippen molar-refractivity contribution < 1.29 is 12.8 Å². The Morgan fingerprint density at radius 1 is 1.17 bits per heavy atom. The van der Waals surface area contributed by atoms with Gasteiger partial charge in [-0.15, -0.1) is 0 Å². The zero-order chi connectivity index (χ0) is 21.3. The molecule has 2 aromatic heterocycles. The molecule has 0 spiro atoms. The summed E-state index contributed by atoms with van der Waals surface area (Å²) in [5, 5.41) is 6.76. The fraction of sp³-hybridized carbons (Fsp3) is 0.381. The Labute approximate surface area is 175 Å². The number of nitrogens with zero attached hydrogens (tertiary/aromatic N) is 3. The number of sulfone groups is 1. The van der Waals surface area contributed by atoms with Crippen LogP contribution in [0.4, 0.5) is 16.2 Å². The number of hydrogen-bond acceptors (Lipinski definition) is 7. The zero-order valence-electron chi connectivity index (χ0n) is 16.8. The highest BCUT2D eigenvalue weighted by molar-refractivity contribution is 7.91. The molecule has 1 unspecified atom stereocenters. The number of halogens is 1. The first-order valence-corrected chi connectivity index (χ1v) is 11.8. The van der Waals surface area contributed by atoms with Gasteiger partial charge in [0.15, 0.2) is 0 Å². The van der Waals surface area contributed by atoms with Crippen molar-refractivity contribution in [3.8, 4) is 0 Å². The molecule has 30 heavy (non-hydrogen) atoms. The van der Waals surface area contributed by atoms with Crippen LogP contribution in [0, 0.1) is 5.82 Å². The molecule has 0 amide bonds. The number of aromatic nitrogens is 3. The number of hydrogen-bond donors (Lipinski definition) is 2. The lowest BCUT2D eigenvalue weighted by atomic mass is 9.92. The van der Waals surface area contributed by atoms with Crippen molar-refractivity contribution in [3.63, 3.8) is 0 Å². The summed E-state index contributed by atoms with van der Waals surface area (Å²) in [5.74, 6) is 0.391. The van der Waals surface area contributed by atoms with Crippen molar-refractivity contribution in [2.45, 2.75) is 43.5 Å². The molecule has 1 aromatic carbocycles. The number of rotatable bonds is 7. The Kier molecular flexibility index (Phi) is 5.55. The molecular formula is C21H24FN5O2S. The third-order valence-electron chi connectivity index (χ3n) is 5.34. The first-order chi connectivity index (χ1) is 14.3. The molecule has 2 N–H and O–H groups in total. The average Bonchev–Trinajstić information content (AvgIpc) is 2.65. The second kappa shape index (κ2) is 8.14. The number of pyridine rings is 1. The molecule has 9 heteroatoms. The number of benzene rings is 1. The SMILES string of the molecule is CC(Cc1ccccn1)Nc1nc(NC2CC(S(C)(=O)=O)C2)nc2c(F)cccc12. The number of para-hydroxylation sites is 1. The fourth-order valence-corrected chi connectivity index (χ4v) is 4.79. The summed E-state index contributed by atoms with van der Waals surface area (Å²) >= 11 is 0. The molecular weight excluding hydrogens is 405 g/mol. The standard InChI is InChI=1S/C21H24FN5O2S/c1-13(10-14-6-3-4-9-23-14)24-20-17-7-5-8-18(22)19(17)26-21(27-20)25-15-11-16(12-15)30(2,28)29/h3-9,13,15-16H,10-12H2,1-2H3,(H2,24,25,26,27). The van der Waals surface area contributed by atoms with Gasteiger partial charge in [-0.2, -0.15) is 4.98 Å². The maximum atomic E-state index is 14.4. The van der Waals surface area contributed by atoms with E-state index < -0.39 is 15.7 Å². The monoisotopic (exact) mass is 429 g/mol. The van der Waals surface area contributed by atoms with Crippen LogP contribution in [0.15, 0.2) is 42.6 Å². The number of anilines is 2. The molecule has 1 atom stereocenters. The van der Waals surface area contributed by atoms with Crippen LogP contribution in [0.3, 0.4) is 0 Å². The predicted molar refractivity (Wildman–Crippen MR) is 116 cm³/mol. The smallest absolute Gasteiger partial charge is 0.225 e. The van der Waals surface area contributed by atoms with Crippen molar-refractivity contribution in [2.24, 2.45) is 0 Å². The molecule has 0 bridgehead atoms. The van der Waals surface area contributed by atoms with Gasteiger partial charge in [0, 0.05) is 42.0 Å². The van der Waals surface area contributed by atoms with Gasteiger partial charge in [-0.3, -0.25) is 4.98 Å². The lowest BCUT2D eigenvalue weighted by Gasteiger charge is -2.34. The van der Waals surface area contributed by atoms with Crippen molar-refractivity contribution in [1.82, 2.24) is 15.0 Å². The van der Waals surface area contributed by atoms with Gasteiger partial charge in [0.1, 0.15) is 27.0 Å². The summed E-state index contributed by atoms with van der Waals surface area (Å²) in [7, 11) is -3.05. The van der Waals surface area contributed by atoms with Crippen LogP contribution in [-0.2, 0) is 16.3 Å². The summed E-state index contributed by atoms with van der Waals surface area (Å²) in [6.07, 6.45) is 4.68. The second-order valence-electron chi connectivity index (χ2n) is 7.87. The van der Waals surface area contributed by atoms with E-state index in [1.807, 2.05) is 25.1 Å². The van der Waals surface area contributed by atoms with E-state index in [9.17, 15) is 12.8 Å². The van der Waals surface area contributed by atoms with E-state index in [4.69, 9.17) is 0 Å². The molecule has 0 saturated heterocycles. The molecule has 2 heterocycles. The molecule has 7 nitrogen and oxygen atoms in total. The first-order valence-electron chi connectivity index (χ1n) is 9.87. The Hall–Kier alpha value is -2.81. The quantitative estimate of drug-likeness (QED) is 0.595. The maximum absolute atomic E-state index is 14.4. The normalized spacial score (nSPS) is 19.8. The van der Waals surface area contributed by atoms with Crippen molar-refractivity contribution in [3.05, 3.63) is 54.1 Å². The Morgan fingerprint density at radius 2 is 1.97 bits per heavy atom. The van der Waals surface area contributed by atoms with Gasteiger partial charge >= 0.3 is 0 Å². The topological polar surface area (TPSA) is 96.9 Å². The van der Waals surface area contributed by atoms with E-state index in [0.717, 1.165) is 5.69 Å². The van der Waals surface area contributed by atoms with Crippen LogP contribution in [0.2, 0.25) is 0 Å². The van der Waals surface area contributed by atoms with Crippen molar-refractivity contribution in [2.75, 3.05) is 16.9 Å². The summed E-state index contributed by atoms with van der Waals surface area (Å²) in [6.45, 7) is 2.01. The first kappa shape index (κ1) is 20.5. The maximum Gasteiger partial charge on any atom is 0.225 e. The van der Waals surface area contributed by atoms with Gasteiger partial charge in [0.2, 0.25) is 5.95 Å². The minimum absolute atomic E-state index is 0.00688. The largest absolute Gasteiger partial charge is 0.367 e. The lowest BCUT2D eigenvalue weighted by molar-refractivity contribution is 0.432. The summed E-state index contributed by atoms with van der Waals surface area (Å²) in [4.78, 5) is 13.2. The molecule has 1 aliphatic rings. The highest BCUT2D eigenvalue weighted by Crippen LogP contribution is 2.30. The van der Waals surface area contributed by atoms with E-state index in [1.165, 1.54) is 12.3 Å². The Morgan fingerprint density at radius 3 is 2.67 bits per heavy atom. The van der Waals surface area contributed by atoms with E-state index in [-0.39, 0.29) is 28.8 Å². The molecule has 1 fully saturated rings. The molecule has 3 aromatic rings. The van der Waals surface area contributed by atoms with Gasteiger partial charge in [0.05, 0.1) is 5.25 Å². The Bertz CT molecular complexity index is 1150. The van der Waals surface area contributed by atoms with E-state index in [2.05, 4.69) is 25.6 Å². The predicted octanol–water partition coefficient (Wildman–Crippen LogP) is 3.19. The third-order valence-corrected chi connectivity index (χ3v) is 6.93. The van der Waals surface area contributed by atoms with Gasteiger partial charge < -0.3 is 10.6 Å². The van der Waals surface area contributed by atoms with Crippen LogP contribution in [-0.4, -0.2) is 47.0 Å². The molecule has 158 valence electrons. The highest BCUT2D eigenvalue weighted by Gasteiger charge is 2.36. The minimum Gasteiger partial charge on any atom is -0.367 e. The molecule has 4 rings (SSSR count). The zero-order valence-corrected chi connectivity index (χ0v) is 17.7. The van der Waals surface area contributed by atoms with Crippen LogP contribution < -0.4 is 10.6 Å². The van der Waals surface area contributed by atoms with Gasteiger partial charge in [-0.1, -0.05) is 12.1 Å². The minimum atomic E-state index is -3.05. The molecule has 0 aliphatic heterocycles. The number of fused-ring (bicyclic) bond motifs is 1. The lowest BCUT2D eigenvalue weighted by Crippen LogP contribution is -2.43. The van der Waals surface area contributed by atoms with Crippen LogP contribution in [0.5, 0.6) is 0 Å². The van der Waals surface area contributed by atoms with Crippen LogP contribution in [0.1, 0.15) is 25.5 Å². The highest BCUT2D eigenvalue weighted by atomic mass is 32.2. The van der Waals surface area contributed by atoms with Crippen LogP contribution >= 0.6 is 0 Å². The Balaban J connectivity index is 1.56. The summed E-state index contributed by atoms with van der Waals surface area (Å²) < 4.78 is 37.7. The van der Waals surface area contributed by atoms with Gasteiger partial charge in [-0.05, 0) is 44.0 Å². The third kappa shape index (κ3) is 4.51. The van der Waals surface area contributed by atoms with Crippen molar-refractivity contribution >= 4 is 32.5 Å². The van der Waals surface area contributed by atoms with E-state index >= 15 is 0 Å². The second-order valence-corrected chi connectivity index (χ2v) is 10.2. The molecule has 1 aliphatic carbocycles. The average molecular weight is 430 g/mol. The van der Waals surface area contributed by atoms with Gasteiger partial charge in [0.25, 0.3) is 0 Å². The van der Waals surface area contributed by atoms with Gasteiger partial charge in [-0.25, -0.2) is 17.8 Å². The summed E-state index contributed by atoms with van der Waals surface area (Å²) in [5.41, 5.74) is 1.17. The number of nitrogens with one attached hydrogen (secondary N) is 2. The summed E-state index contributed by atoms with van der Waals surface area (Å²) in [6, 6.07) is 10.5. The van der Waals surface area contributed by atoms with E-state index in [1.54, 1.807) is 18.3 Å². The van der Waals surface area contributed by atoms with Crippen molar-refractivity contribution in [1.29, 1.82) is 0 Å². The molecule has 0 radical (unpaired) electrons. The molecule has 1 saturated carbocycles.